The molecule has 0 aliphatic carbocycles. The number of likely N-dealkylation sites (N-methyl/N-ethyl adjacent to an activating group) is 1. The molecule has 1 aliphatic rings. The molecule has 21 heavy (non-hydrogen) atoms. The Kier molecular flexibility index (Phi) is 5.38. The molecule has 0 aromatic heterocycles. The molecule has 116 valence electrons. The minimum Gasteiger partial charge on any atom is -0.489 e. The van der Waals surface area contributed by atoms with Crippen molar-refractivity contribution in [3.63, 3.8) is 0 Å². The Morgan fingerprint density at radius 1 is 1.52 bits per heavy atom. The van der Waals surface area contributed by atoms with E-state index in [4.69, 9.17) is 9.47 Å². The van der Waals surface area contributed by atoms with Gasteiger partial charge in [0.25, 0.3) is 0 Å². The molecule has 1 amide bonds. The van der Waals surface area contributed by atoms with E-state index < -0.39 is 0 Å². The van der Waals surface area contributed by atoms with Gasteiger partial charge in [-0.05, 0) is 25.0 Å². The average Bonchev–Trinajstić information content (AvgIpc) is 2.96. The molecule has 1 aromatic rings. The van der Waals surface area contributed by atoms with Crippen LogP contribution < -0.4 is 10.1 Å². The third-order valence-electron chi connectivity index (χ3n) is 3.32. The van der Waals surface area contributed by atoms with E-state index >= 15 is 0 Å². The number of rotatable bonds is 6. The van der Waals surface area contributed by atoms with Crippen molar-refractivity contribution in [2.24, 2.45) is 0 Å². The largest absolute Gasteiger partial charge is 0.489 e. The van der Waals surface area contributed by atoms with Gasteiger partial charge in [0.2, 0.25) is 5.91 Å². The number of hydrogen-bond acceptors (Lipinski definition) is 4. The molecule has 1 saturated heterocycles. The number of nitrogens with zero attached hydrogens (tertiary/aromatic N) is 1. The molecular weight excluding hydrogens is 275 g/mol. The number of ether oxygens (including phenoxy) is 2. The van der Waals surface area contributed by atoms with E-state index in [0.717, 1.165) is 19.4 Å². The number of nitrogens with one attached hydrogen (secondary N) is 1. The quantitative estimate of drug-likeness (QED) is 0.871. The minimum absolute atomic E-state index is 0.0892. The van der Waals surface area contributed by atoms with Crippen LogP contribution in [-0.4, -0.2) is 50.8 Å². The lowest BCUT2D eigenvalue weighted by Crippen LogP contribution is -2.28. The summed E-state index contributed by atoms with van der Waals surface area (Å²) in [5, 5.41) is 2.91. The third kappa shape index (κ3) is 4.60. The van der Waals surface area contributed by atoms with Gasteiger partial charge in [0.15, 0.2) is 0 Å². The molecule has 1 atom stereocenters. The lowest BCUT2D eigenvalue weighted by molar-refractivity contribution is -0.126. The summed E-state index contributed by atoms with van der Waals surface area (Å²) >= 11 is 0. The normalized spacial score (nSPS) is 17.6. The molecule has 1 fully saturated rings. The van der Waals surface area contributed by atoms with Crippen LogP contribution in [0.15, 0.2) is 18.2 Å². The Morgan fingerprint density at radius 2 is 2.33 bits per heavy atom. The first kappa shape index (κ1) is 15.6. The van der Waals surface area contributed by atoms with Crippen LogP contribution in [0.2, 0.25) is 0 Å². The SMILES string of the molecule is CN(C)C(=O)CNc1cc(F)ccc1OC[C@@H]1CCCO1. The number of anilines is 1. The molecule has 1 aliphatic heterocycles. The summed E-state index contributed by atoms with van der Waals surface area (Å²) in [6, 6.07) is 4.23. The summed E-state index contributed by atoms with van der Waals surface area (Å²) in [4.78, 5) is 13.1. The van der Waals surface area contributed by atoms with Crippen LogP contribution in [0.4, 0.5) is 10.1 Å². The summed E-state index contributed by atoms with van der Waals surface area (Å²) in [7, 11) is 3.34. The minimum atomic E-state index is -0.376. The van der Waals surface area contributed by atoms with Gasteiger partial charge >= 0.3 is 0 Å². The highest BCUT2D eigenvalue weighted by atomic mass is 19.1. The Hall–Kier alpha value is -1.82. The maximum Gasteiger partial charge on any atom is 0.241 e. The van der Waals surface area contributed by atoms with E-state index in [1.807, 2.05) is 0 Å². The highest BCUT2D eigenvalue weighted by Gasteiger charge is 2.17. The molecule has 5 nitrogen and oxygen atoms in total. The van der Waals surface area contributed by atoms with Gasteiger partial charge in [0.05, 0.1) is 18.3 Å². The molecule has 0 radical (unpaired) electrons. The maximum absolute atomic E-state index is 13.4. The van der Waals surface area contributed by atoms with Gasteiger partial charge in [-0.3, -0.25) is 4.79 Å². The van der Waals surface area contributed by atoms with E-state index in [0.29, 0.717) is 18.0 Å². The molecule has 2 rings (SSSR count). The Morgan fingerprint density at radius 3 is 3.00 bits per heavy atom. The van der Waals surface area contributed by atoms with Gasteiger partial charge in [-0.1, -0.05) is 0 Å². The Balaban J connectivity index is 1.97. The van der Waals surface area contributed by atoms with Crippen molar-refractivity contribution in [2.75, 3.05) is 39.2 Å². The van der Waals surface area contributed by atoms with E-state index in [-0.39, 0.29) is 24.4 Å². The van der Waals surface area contributed by atoms with E-state index in [1.54, 1.807) is 20.2 Å². The van der Waals surface area contributed by atoms with E-state index in [2.05, 4.69) is 5.32 Å². The maximum atomic E-state index is 13.4. The summed E-state index contributed by atoms with van der Waals surface area (Å²) in [5.74, 6) is 0.0575. The fraction of sp³-hybridized carbons (Fsp3) is 0.533. The first-order chi connectivity index (χ1) is 10.1. The van der Waals surface area contributed by atoms with Crippen LogP contribution in [0, 0.1) is 5.82 Å². The average molecular weight is 296 g/mol. The van der Waals surface area contributed by atoms with Crippen molar-refractivity contribution in [1.29, 1.82) is 0 Å². The predicted molar refractivity (Wildman–Crippen MR) is 78.1 cm³/mol. The van der Waals surface area contributed by atoms with Crippen molar-refractivity contribution in [1.82, 2.24) is 4.90 Å². The van der Waals surface area contributed by atoms with Crippen LogP contribution in [0.3, 0.4) is 0 Å². The van der Waals surface area contributed by atoms with Crippen molar-refractivity contribution in [3.8, 4) is 5.75 Å². The molecular formula is C15H21FN2O3. The van der Waals surface area contributed by atoms with Crippen LogP contribution >= 0.6 is 0 Å². The van der Waals surface area contributed by atoms with E-state index in [1.165, 1.54) is 17.0 Å². The highest BCUT2D eigenvalue weighted by Crippen LogP contribution is 2.26. The summed E-state index contributed by atoms with van der Waals surface area (Å²) in [6.45, 7) is 1.29. The summed E-state index contributed by atoms with van der Waals surface area (Å²) in [6.07, 6.45) is 2.11. The topological polar surface area (TPSA) is 50.8 Å². The van der Waals surface area contributed by atoms with Crippen LogP contribution in [-0.2, 0) is 9.53 Å². The van der Waals surface area contributed by atoms with Gasteiger partial charge < -0.3 is 19.7 Å². The van der Waals surface area contributed by atoms with Gasteiger partial charge in [-0.2, -0.15) is 0 Å². The molecule has 0 saturated carbocycles. The fourth-order valence-corrected chi connectivity index (χ4v) is 2.05. The lowest BCUT2D eigenvalue weighted by atomic mass is 10.2. The Bertz CT molecular complexity index is 488. The third-order valence-corrected chi connectivity index (χ3v) is 3.32. The van der Waals surface area contributed by atoms with Gasteiger partial charge in [-0.25, -0.2) is 4.39 Å². The van der Waals surface area contributed by atoms with E-state index in [9.17, 15) is 9.18 Å². The summed E-state index contributed by atoms with van der Waals surface area (Å²) in [5.41, 5.74) is 0.475. The van der Waals surface area contributed by atoms with Gasteiger partial charge in [0.1, 0.15) is 18.2 Å². The smallest absolute Gasteiger partial charge is 0.241 e. The second-order valence-corrected chi connectivity index (χ2v) is 5.23. The number of hydrogen-bond donors (Lipinski definition) is 1. The molecule has 0 bridgehead atoms. The van der Waals surface area contributed by atoms with Crippen LogP contribution in [0.5, 0.6) is 5.75 Å². The van der Waals surface area contributed by atoms with Crippen molar-refractivity contribution < 1.29 is 18.7 Å². The van der Waals surface area contributed by atoms with Gasteiger partial charge in [0, 0.05) is 26.8 Å². The molecule has 1 heterocycles. The highest BCUT2D eigenvalue weighted by molar-refractivity contribution is 5.80. The molecule has 1 N–H and O–H groups in total. The number of carbonyl (C=O) groups is 1. The summed E-state index contributed by atoms with van der Waals surface area (Å²) < 4.78 is 24.5. The molecule has 0 spiro atoms. The van der Waals surface area contributed by atoms with Crippen molar-refractivity contribution in [2.45, 2.75) is 18.9 Å². The zero-order valence-electron chi connectivity index (χ0n) is 12.4. The number of carbonyl (C=O) groups excluding carboxylic acids is 1. The van der Waals surface area contributed by atoms with Crippen LogP contribution in [0.25, 0.3) is 0 Å². The first-order valence-electron chi connectivity index (χ1n) is 7.04. The van der Waals surface area contributed by atoms with Gasteiger partial charge in [-0.15, -0.1) is 0 Å². The first-order valence-corrected chi connectivity index (χ1v) is 7.04. The zero-order valence-corrected chi connectivity index (χ0v) is 12.4. The standard InChI is InChI=1S/C15H21FN2O3/c1-18(2)15(19)9-17-13-8-11(16)5-6-14(13)21-10-12-4-3-7-20-12/h5-6,8,12,17H,3-4,7,9-10H2,1-2H3/t12-/m0/s1. The molecule has 6 heteroatoms. The van der Waals surface area contributed by atoms with Crippen molar-refractivity contribution >= 4 is 11.6 Å². The van der Waals surface area contributed by atoms with Crippen LogP contribution in [0.1, 0.15) is 12.8 Å². The molecule has 0 unspecified atom stereocenters. The number of amides is 1. The van der Waals surface area contributed by atoms with Crippen molar-refractivity contribution in [3.05, 3.63) is 24.0 Å². The predicted octanol–water partition coefficient (Wildman–Crippen LogP) is 1.88. The number of halogens is 1. The lowest BCUT2D eigenvalue weighted by Gasteiger charge is -2.17. The monoisotopic (exact) mass is 296 g/mol. The zero-order chi connectivity index (χ0) is 15.2. The second kappa shape index (κ2) is 7.26. The molecule has 1 aromatic carbocycles. The Labute approximate surface area is 124 Å². The second-order valence-electron chi connectivity index (χ2n) is 5.23. The fourth-order valence-electron chi connectivity index (χ4n) is 2.05. The number of benzene rings is 1.